The maximum atomic E-state index is 10.7. The van der Waals surface area contributed by atoms with Crippen molar-refractivity contribution in [3.63, 3.8) is 0 Å². The number of nitrogens with zero attached hydrogens (tertiary/aromatic N) is 1. The molecule has 0 amide bonds. The molecule has 0 aliphatic heterocycles. The lowest BCUT2D eigenvalue weighted by molar-refractivity contribution is -0.384. The zero-order valence-corrected chi connectivity index (χ0v) is 8.36. The minimum absolute atomic E-state index is 0.0301. The first-order valence-corrected chi connectivity index (χ1v) is 4.46. The minimum atomic E-state index is -0.505. The molecule has 0 saturated heterocycles. The highest BCUT2D eigenvalue weighted by Crippen LogP contribution is 2.31. The fourth-order valence-corrected chi connectivity index (χ4v) is 1.35. The Labute approximate surface area is 86.9 Å². The summed E-state index contributed by atoms with van der Waals surface area (Å²) < 4.78 is 0. The number of hydrogen-bond acceptors (Lipinski definition) is 5. The highest BCUT2D eigenvalue weighted by atomic mass is 16.6. The Hall–Kier alpha value is -1.82. The summed E-state index contributed by atoms with van der Waals surface area (Å²) in [6, 6.07) is 3.14. The first-order chi connectivity index (χ1) is 7.07. The molecule has 0 aromatic heterocycles. The van der Waals surface area contributed by atoms with Gasteiger partial charge in [0.15, 0.2) is 0 Å². The Bertz CT molecular complexity index is 379. The maximum absolute atomic E-state index is 10.7. The van der Waals surface area contributed by atoms with Crippen molar-refractivity contribution < 1.29 is 10.0 Å². The van der Waals surface area contributed by atoms with Crippen molar-refractivity contribution in [2.24, 2.45) is 0 Å². The second-order valence-corrected chi connectivity index (χ2v) is 3.08. The number of aliphatic hydroxyl groups is 1. The van der Waals surface area contributed by atoms with Gasteiger partial charge in [-0.05, 0) is 19.1 Å². The zero-order valence-electron chi connectivity index (χ0n) is 8.36. The summed E-state index contributed by atoms with van der Waals surface area (Å²) in [5, 5.41) is 22.2. The van der Waals surface area contributed by atoms with Gasteiger partial charge < -0.3 is 16.2 Å². The predicted octanol–water partition coefficient (Wildman–Crippen LogP) is 0.890. The van der Waals surface area contributed by atoms with Gasteiger partial charge in [0.2, 0.25) is 0 Å². The molecule has 0 aliphatic rings. The van der Waals surface area contributed by atoms with Crippen LogP contribution in [0.5, 0.6) is 0 Å². The van der Waals surface area contributed by atoms with E-state index in [-0.39, 0.29) is 18.0 Å². The Morgan fingerprint density at radius 3 is 2.80 bits per heavy atom. The lowest BCUT2D eigenvalue weighted by atomic mass is 10.1. The van der Waals surface area contributed by atoms with Crippen molar-refractivity contribution in [3.8, 4) is 0 Å². The summed E-state index contributed by atoms with van der Waals surface area (Å²) in [4.78, 5) is 10.2. The molecule has 0 heterocycles. The average Bonchev–Trinajstić information content (AvgIpc) is 2.16. The summed E-state index contributed by atoms with van der Waals surface area (Å²) in [7, 11) is 0. The molecule has 0 aliphatic carbocycles. The second-order valence-electron chi connectivity index (χ2n) is 3.08. The standard InChI is InChI=1S/C9H13N3O3/c1-6-8(11-4-5-13)3-2-7(10)9(6)12(14)15/h2-3,11,13H,4-5,10H2,1H3. The number of anilines is 2. The molecule has 0 atom stereocenters. The van der Waals surface area contributed by atoms with E-state index >= 15 is 0 Å². The fraction of sp³-hybridized carbons (Fsp3) is 0.333. The maximum Gasteiger partial charge on any atom is 0.297 e. The Morgan fingerprint density at radius 2 is 2.27 bits per heavy atom. The minimum Gasteiger partial charge on any atom is -0.395 e. The van der Waals surface area contributed by atoms with Crippen molar-refractivity contribution in [3.05, 3.63) is 27.8 Å². The van der Waals surface area contributed by atoms with Gasteiger partial charge in [0, 0.05) is 12.2 Å². The first kappa shape index (κ1) is 11.3. The summed E-state index contributed by atoms with van der Waals surface area (Å²) in [6.45, 7) is 1.94. The molecule has 6 nitrogen and oxygen atoms in total. The van der Waals surface area contributed by atoms with Crippen LogP contribution < -0.4 is 11.1 Å². The van der Waals surface area contributed by atoms with Crippen LogP contribution in [-0.4, -0.2) is 23.2 Å². The van der Waals surface area contributed by atoms with Gasteiger partial charge in [0.25, 0.3) is 5.69 Å². The Kier molecular flexibility index (Phi) is 3.46. The molecule has 0 saturated carbocycles. The van der Waals surface area contributed by atoms with Gasteiger partial charge in [-0.25, -0.2) is 0 Å². The van der Waals surface area contributed by atoms with Crippen molar-refractivity contribution in [2.75, 3.05) is 24.2 Å². The molecule has 1 aromatic rings. The van der Waals surface area contributed by atoms with E-state index in [1.807, 2.05) is 0 Å². The quantitative estimate of drug-likeness (QED) is 0.390. The summed E-state index contributed by atoms with van der Waals surface area (Å²) >= 11 is 0. The summed E-state index contributed by atoms with van der Waals surface area (Å²) in [5.74, 6) is 0. The molecule has 82 valence electrons. The topological polar surface area (TPSA) is 101 Å². The third kappa shape index (κ3) is 2.35. The number of nitrogen functional groups attached to an aromatic ring is 1. The van der Waals surface area contributed by atoms with E-state index < -0.39 is 4.92 Å². The Balaban J connectivity index is 3.11. The summed E-state index contributed by atoms with van der Waals surface area (Å²) in [5.41, 5.74) is 6.66. The number of rotatable bonds is 4. The van der Waals surface area contributed by atoms with Crippen LogP contribution in [0.4, 0.5) is 17.1 Å². The van der Waals surface area contributed by atoms with Crippen LogP contribution in [0.15, 0.2) is 12.1 Å². The van der Waals surface area contributed by atoms with E-state index in [9.17, 15) is 10.1 Å². The van der Waals surface area contributed by atoms with Crippen LogP contribution in [-0.2, 0) is 0 Å². The first-order valence-electron chi connectivity index (χ1n) is 4.46. The molecule has 1 aromatic carbocycles. The number of nitrogens with two attached hydrogens (primary N) is 1. The SMILES string of the molecule is Cc1c(NCCO)ccc(N)c1[N+](=O)[O-]. The molecule has 15 heavy (non-hydrogen) atoms. The van der Waals surface area contributed by atoms with Gasteiger partial charge in [-0.15, -0.1) is 0 Å². The van der Waals surface area contributed by atoms with E-state index in [1.54, 1.807) is 13.0 Å². The highest BCUT2D eigenvalue weighted by molar-refractivity contribution is 5.71. The fourth-order valence-electron chi connectivity index (χ4n) is 1.35. The molecule has 1 rings (SSSR count). The number of benzene rings is 1. The van der Waals surface area contributed by atoms with Crippen molar-refractivity contribution >= 4 is 17.1 Å². The van der Waals surface area contributed by atoms with Gasteiger partial charge in [0.1, 0.15) is 5.69 Å². The molecular weight excluding hydrogens is 198 g/mol. The van der Waals surface area contributed by atoms with Crippen LogP contribution in [0.2, 0.25) is 0 Å². The van der Waals surface area contributed by atoms with Gasteiger partial charge in [-0.2, -0.15) is 0 Å². The Morgan fingerprint density at radius 1 is 1.60 bits per heavy atom. The number of nitrogens with one attached hydrogen (secondary N) is 1. The van der Waals surface area contributed by atoms with Crippen LogP contribution in [0.25, 0.3) is 0 Å². The highest BCUT2D eigenvalue weighted by Gasteiger charge is 2.17. The summed E-state index contributed by atoms with van der Waals surface area (Å²) in [6.07, 6.45) is 0. The molecule has 6 heteroatoms. The average molecular weight is 211 g/mol. The largest absolute Gasteiger partial charge is 0.395 e. The molecule has 4 N–H and O–H groups in total. The molecule has 0 radical (unpaired) electrons. The van der Waals surface area contributed by atoms with Crippen molar-refractivity contribution in [1.29, 1.82) is 0 Å². The molecule has 0 spiro atoms. The lowest BCUT2D eigenvalue weighted by Gasteiger charge is -2.09. The van der Waals surface area contributed by atoms with E-state index in [1.165, 1.54) is 6.07 Å². The van der Waals surface area contributed by atoms with Crippen molar-refractivity contribution in [1.82, 2.24) is 0 Å². The third-order valence-corrected chi connectivity index (χ3v) is 2.07. The molecule has 0 unspecified atom stereocenters. The van der Waals surface area contributed by atoms with Gasteiger partial charge in [-0.3, -0.25) is 10.1 Å². The second kappa shape index (κ2) is 4.61. The van der Waals surface area contributed by atoms with Crippen LogP contribution in [0.1, 0.15) is 5.56 Å². The smallest absolute Gasteiger partial charge is 0.297 e. The monoisotopic (exact) mass is 211 g/mol. The van der Waals surface area contributed by atoms with E-state index in [4.69, 9.17) is 10.8 Å². The number of aliphatic hydroxyl groups excluding tert-OH is 1. The number of nitro groups is 1. The predicted molar refractivity (Wildman–Crippen MR) is 57.8 cm³/mol. The van der Waals surface area contributed by atoms with Crippen LogP contribution in [0.3, 0.4) is 0 Å². The van der Waals surface area contributed by atoms with Crippen LogP contribution >= 0.6 is 0 Å². The molecular formula is C9H13N3O3. The van der Waals surface area contributed by atoms with Gasteiger partial charge >= 0.3 is 0 Å². The van der Waals surface area contributed by atoms with Gasteiger partial charge in [0.05, 0.1) is 17.1 Å². The number of nitro benzene ring substituents is 1. The lowest BCUT2D eigenvalue weighted by Crippen LogP contribution is -2.08. The van der Waals surface area contributed by atoms with Crippen LogP contribution in [0, 0.1) is 17.0 Å². The van der Waals surface area contributed by atoms with E-state index in [0.29, 0.717) is 17.8 Å². The molecule has 0 fully saturated rings. The molecule has 0 bridgehead atoms. The number of hydrogen-bond donors (Lipinski definition) is 3. The third-order valence-electron chi connectivity index (χ3n) is 2.07. The van der Waals surface area contributed by atoms with Gasteiger partial charge in [-0.1, -0.05) is 0 Å². The van der Waals surface area contributed by atoms with Crippen molar-refractivity contribution in [2.45, 2.75) is 6.92 Å². The van der Waals surface area contributed by atoms with E-state index in [2.05, 4.69) is 5.32 Å². The normalized spacial score (nSPS) is 10.0. The zero-order chi connectivity index (χ0) is 11.4. The van der Waals surface area contributed by atoms with E-state index in [0.717, 1.165) is 0 Å².